The zero-order chi connectivity index (χ0) is 21.4. The Morgan fingerprint density at radius 3 is 2.74 bits per heavy atom. The fraction of sp³-hybridized carbons (Fsp3) is 0.192. The van der Waals surface area contributed by atoms with Gasteiger partial charge in [-0.05, 0) is 76.4 Å². The Hall–Kier alpha value is -3.34. The molecule has 0 amide bonds. The molecule has 3 aromatic rings. The summed E-state index contributed by atoms with van der Waals surface area (Å²) in [5.41, 5.74) is 7.53. The van der Waals surface area contributed by atoms with Gasteiger partial charge in [-0.2, -0.15) is 0 Å². The van der Waals surface area contributed by atoms with Crippen LogP contribution in [0, 0.1) is 0 Å². The second kappa shape index (κ2) is 7.73. The first-order valence-corrected chi connectivity index (χ1v) is 10.3. The molecule has 1 heterocycles. The van der Waals surface area contributed by atoms with E-state index in [4.69, 9.17) is 0 Å². The second-order valence-corrected chi connectivity index (χ2v) is 7.85. The number of pyridine rings is 1. The molecule has 1 unspecified atom stereocenters. The van der Waals surface area contributed by atoms with Crippen LogP contribution in [0.1, 0.15) is 40.2 Å². The number of halogens is 3. The maximum absolute atomic E-state index is 12.8. The molecule has 0 spiro atoms. The normalized spacial score (nSPS) is 17.2. The molecule has 5 heteroatoms. The fourth-order valence-electron chi connectivity index (χ4n) is 4.58. The van der Waals surface area contributed by atoms with Crippen molar-refractivity contribution in [3.05, 3.63) is 94.8 Å². The molecule has 2 aliphatic rings. The van der Waals surface area contributed by atoms with E-state index >= 15 is 0 Å². The highest BCUT2D eigenvalue weighted by atomic mass is 19.4. The lowest BCUT2D eigenvalue weighted by molar-refractivity contribution is -0.274. The zero-order valence-corrected chi connectivity index (χ0v) is 16.7. The minimum atomic E-state index is -4.72. The van der Waals surface area contributed by atoms with Gasteiger partial charge in [0.25, 0.3) is 0 Å². The van der Waals surface area contributed by atoms with Gasteiger partial charge in [0.1, 0.15) is 5.75 Å². The molecule has 156 valence electrons. The average Bonchev–Trinajstić information content (AvgIpc) is 2.77. The standard InChI is InChI=1S/C26H20F3NO/c27-26(28,29)31-20-10-12-22-19(8-7-17-4-3-13-30-16-17)14-24-21-6-2-1-5-18(21)9-11-23(24)25(22)15-20/h1,3-5,7-13,15-16,19H,2,6,14H2/b8-7+. The highest BCUT2D eigenvalue weighted by Crippen LogP contribution is 2.45. The van der Waals surface area contributed by atoms with Crippen LogP contribution < -0.4 is 4.74 Å². The van der Waals surface area contributed by atoms with Crippen LogP contribution >= 0.6 is 0 Å². The van der Waals surface area contributed by atoms with Crippen molar-refractivity contribution < 1.29 is 17.9 Å². The van der Waals surface area contributed by atoms with Crippen molar-refractivity contribution in [2.24, 2.45) is 0 Å². The number of aromatic nitrogens is 1. The lowest BCUT2D eigenvalue weighted by Gasteiger charge is -2.30. The number of hydrogen-bond acceptors (Lipinski definition) is 2. The van der Waals surface area contributed by atoms with Crippen molar-refractivity contribution in [1.82, 2.24) is 4.98 Å². The minimum Gasteiger partial charge on any atom is -0.406 e. The predicted molar refractivity (Wildman–Crippen MR) is 116 cm³/mol. The third-order valence-electron chi connectivity index (χ3n) is 5.90. The molecule has 0 bridgehead atoms. The smallest absolute Gasteiger partial charge is 0.406 e. The number of benzene rings is 2. The number of ether oxygens (including phenoxy) is 1. The first kappa shape index (κ1) is 19.6. The SMILES string of the molecule is FC(F)(F)Oc1ccc2c(c1)-c1ccc3c(c1CC2/C=C/c1cccnc1)CCC=C3. The van der Waals surface area contributed by atoms with Gasteiger partial charge in [0, 0.05) is 18.3 Å². The Morgan fingerprint density at radius 2 is 1.94 bits per heavy atom. The predicted octanol–water partition coefficient (Wildman–Crippen LogP) is 6.96. The van der Waals surface area contributed by atoms with Gasteiger partial charge < -0.3 is 4.74 Å². The molecule has 1 atom stereocenters. The van der Waals surface area contributed by atoms with Gasteiger partial charge in [-0.3, -0.25) is 4.98 Å². The van der Waals surface area contributed by atoms with E-state index in [0.717, 1.165) is 41.5 Å². The summed E-state index contributed by atoms with van der Waals surface area (Å²) in [6, 6.07) is 12.6. The number of fused-ring (bicyclic) bond motifs is 5. The molecule has 2 aliphatic carbocycles. The van der Waals surface area contributed by atoms with E-state index < -0.39 is 6.36 Å². The highest BCUT2D eigenvalue weighted by molar-refractivity contribution is 5.79. The van der Waals surface area contributed by atoms with Crippen LogP contribution in [0.5, 0.6) is 5.75 Å². The van der Waals surface area contributed by atoms with Gasteiger partial charge in [0.2, 0.25) is 0 Å². The maximum atomic E-state index is 12.8. The van der Waals surface area contributed by atoms with Gasteiger partial charge in [-0.25, -0.2) is 0 Å². The molecule has 0 aliphatic heterocycles. The molecule has 31 heavy (non-hydrogen) atoms. The van der Waals surface area contributed by atoms with Crippen molar-refractivity contribution >= 4 is 12.2 Å². The number of allylic oxidation sites excluding steroid dienone is 2. The van der Waals surface area contributed by atoms with Crippen LogP contribution in [0.4, 0.5) is 13.2 Å². The van der Waals surface area contributed by atoms with Gasteiger partial charge in [-0.15, -0.1) is 13.2 Å². The van der Waals surface area contributed by atoms with Crippen molar-refractivity contribution in [3.8, 4) is 16.9 Å². The molecule has 0 radical (unpaired) electrons. The lowest BCUT2D eigenvalue weighted by atomic mass is 9.74. The summed E-state index contributed by atoms with van der Waals surface area (Å²) >= 11 is 0. The Labute approximate surface area is 178 Å². The van der Waals surface area contributed by atoms with Crippen LogP contribution in [-0.4, -0.2) is 11.3 Å². The van der Waals surface area contributed by atoms with Gasteiger partial charge in [0.05, 0.1) is 0 Å². The summed E-state index contributed by atoms with van der Waals surface area (Å²) in [6.45, 7) is 0. The van der Waals surface area contributed by atoms with E-state index in [9.17, 15) is 13.2 Å². The molecule has 5 rings (SSSR count). The number of hydrogen-bond donors (Lipinski definition) is 0. The molecule has 0 fully saturated rings. The molecular weight excluding hydrogens is 399 g/mol. The largest absolute Gasteiger partial charge is 0.573 e. The summed E-state index contributed by atoms with van der Waals surface area (Å²) in [4.78, 5) is 4.15. The van der Waals surface area contributed by atoms with Gasteiger partial charge in [0.15, 0.2) is 0 Å². The monoisotopic (exact) mass is 419 g/mol. The van der Waals surface area contributed by atoms with E-state index in [-0.39, 0.29) is 11.7 Å². The minimum absolute atomic E-state index is 0.0556. The average molecular weight is 419 g/mol. The summed E-state index contributed by atoms with van der Waals surface area (Å²) in [7, 11) is 0. The van der Waals surface area contributed by atoms with Crippen LogP contribution in [-0.2, 0) is 12.8 Å². The molecular formula is C26H20F3NO. The molecule has 1 aromatic heterocycles. The maximum Gasteiger partial charge on any atom is 0.573 e. The lowest BCUT2D eigenvalue weighted by Crippen LogP contribution is -2.18. The van der Waals surface area contributed by atoms with Crippen LogP contribution in [0.25, 0.3) is 23.3 Å². The third kappa shape index (κ3) is 4.00. The fourth-order valence-corrected chi connectivity index (χ4v) is 4.58. The molecule has 0 N–H and O–H groups in total. The van der Waals surface area contributed by atoms with E-state index in [1.807, 2.05) is 24.3 Å². The zero-order valence-electron chi connectivity index (χ0n) is 16.7. The first-order chi connectivity index (χ1) is 15.0. The number of rotatable bonds is 3. The van der Waals surface area contributed by atoms with Gasteiger partial charge >= 0.3 is 6.36 Å². The quantitative estimate of drug-likeness (QED) is 0.458. The molecule has 0 saturated heterocycles. The van der Waals surface area contributed by atoms with E-state index in [1.54, 1.807) is 18.5 Å². The first-order valence-electron chi connectivity index (χ1n) is 10.3. The highest BCUT2D eigenvalue weighted by Gasteiger charge is 2.32. The Morgan fingerprint density at radius 1 is 1.03 bits per heavy atom. The van der Waals surface area contributed by atoms with E-state index in [2.05, 4.69) is 34.0 Å². The van der Waals surface area contributed by atoms with Crippen LogP contribution in [0.3, 0.4) is 0 Å². The van der Waals surface area contributed by atoms with Gasteiger partial charge in [-0.1, -0.05) is 48.6 Å². The van der Waals surface area contributed by atoms with Crippen LogP contribution in [0.2, 0.25) is 0 Å². The molecule has 2 nitrogen and oxygen atoms in total. The third-order valence-corrected chi connectivity index (χ3v) is 5.90. The number of nitrogens with zero attached hydrogens (tertiary/aromatic N) is 1. The van der Waals surface area contributed by atoms with Crippen molar-refractivity contribution in [2.75, 3.05) is 0 Å². The molecule has 0 saturated carbocycles. The second-order valence-electron chi connectivity index (χ2n) is 7.85. The van der Waals surface area contributed by atoms with Crippen molar-refractivity contribution in [3.63, 3.8) is 0 Å². The summed E-state index contributed by atoms with van der Waals surface area (Å²) < 4.78 is 42.7. The van der Waals surface area contributed by atoms with Crippen LogP contribution in [0.15, 0.2) is 67.0 Å². The van der Waals surface area contributed by atoms with E-state index in [0.29, 0.717) is 0 Å². The summed E-state index contributed by atoms with van der Waals surface area (Å²) in [5.74, 6) is -0.133. The number of alkyl halides is 3. The topological polar surface area (TPSA) is 22.1 Å². The van der Waals surface area contributed by atoms with Crippen molar-refractivity contribution in [2.45, 2.75) is 31.5 Å². The molecule has 2 aromatic carbocycles. The Kier molecular flexibility index (Phi) is 4.89. The van der Waals surface area contributed by atoms with E-state index in [1.165, 1.54) is 28.8 Å². The summed E-state index contributed by atoms with van der Waals surface area (Å²) in [6.07, 6.45) is 10.0. The summed E-state index contributed by atoms with van der Waals surface area (Å²) in [5, 5.41) is 0. The Balaban J connectivity index is 1.62. The van der Waals surface area contributed by atoms with Crippen molar-refractivity contribution in [1.29, 1.82) is 0 Å². The Bertz CT molecular complexity index is 1180.